The fourth-order valence-corrected chi connectivity index (χ4v) is 4.00. The van der Waals surface area contributed by atoms with Crippen LogP contribution in [-0.2, 0) is 6.42 Å². The lowest BCUT2D eigenvalue weighted by Gasteiger charge is -2.36. The van der Waals surface area contributed by atoms with Crippen LogP contribution in [0.2, 0.25) is 0 Å². The van der Waals surface area contributed by atoms with Gasteiger partial charge in [-0.05, 0) is 60.3 Å². The molecule has 20 heavy (non-hydrogen) atoms. The Morgan fingerprint density at radius 3 is 2.50 bits per heavy atom. The molecule has 2 atom stereocenters. The molecule has 0 spiro atoms. The van der Waals surface area contributed by atoms with E-state index >= 15 is 0 Å². The van der Waals surface area contributed by atoms with Crippen molar-refractivity contribution in [1.29, 1.82) is 0 Å². The van der Waals surface area contributed by atoms with E-state index in [-0.39, 0.29) is 0 Å². The standard InChI is InChI=1S/C19H20O/c1-2-8-15-14(6-1)7-5-10-16(15)17-12-13-20-19-11-4-3-9-18(17)19/h1-4,6,8-9,11,16-17H,5,7,10,12-13H2. The fourth-order valence-electron chi connectivity index (χ4n) is 4.00. The molecule has 0 fully saturated rings. The van der Waals surface area contributed by atoms with Gasteiger partial charge in [0.15, 0.2) is 0 Å². The summed E-state index contributed by atoms with van der Waals surface area (Å²) in [7, 11) is 0. The highest BCUT2D eigenvalue weighted by molar-refractivity contribution is 5.42. The molecule has 0 amide bonds. The number of fused-ring (bicyclic) bond motifs is 2. The van der Waals surface area contributed by atoms with Gasteiger partial charge in [0.2, 0.25) is 0 Å². The van der Waals surface area contributed by atoms with Crippen LogP contribution in [-0.4, -0.2) is 6.61 Å². The minimum absolute atomic E-state index is 0.626. The Morgan fingerprint density at radius 1 is 0.800 bits per heavy atom. The van der Waals surface area contributed by atoms with E-state index in [1.807, 2.05) is 0 Å². The van der Waals surface area contributed by atoms with E-state index in [4.69, 9.17) is 4.74 Å². The van der Waals surface area contributed by atoms with Crippen molar-refractivity contribution in [3.63, 3.8) is 0 Å². The molecule has 0 radical (unpaired) electrons. The van der Waals surface area contributed by atoms with Gasteiger partial charge in [-0.1, -0.05) is 42.5 Å². The maximum Gasteiger partial charge on any atom is 0.122 e. The van der Waals surface area contributed by atoms with Gasteiger partial charge in [0.05, 0.1) is 6.61 Å². The molecule has 1 aliphatic carbocycles. The van der Waals surface area contributed by atoms with Crippen LogP contribution >= 0.6 is 0 Å². The van der Waals surface area contributed by atoms with Gasteiger partial charge < -0.3 is 4.74 Å². The normalized spacial score (nSPS) is 24.4. The smallest absolute Gasteiger partial charge is 0.122 e. The highest BCUT2D eigenvalue weighted by atomic mass is 16.5. The lowest BCUT2D eigenvalue weighted by molar-refractivity contribution is 0.249. The molecule has 0 N–H and O–H groups in total. The lowest BCUT2D eigenvalue weighted by Crippen LogP contribution is -2.23. The van der Waals surface area contributed by atoms with Crippen LogP contribution in [0.5, 0.6) is 5.75 Å². The number of para-hydroxylation sites is 1. The molecular weight excluding hydrogens is 244 g/mol. The van der Waals surface area contributed by atoms with E-state index in [1.54, 1.807) is 11.1 Å². The van der Waals surface area contributed by atoms with Crippen molar-refractivity contribution in [2.24, 2.45) is 0 Å². The van der Waals surface area contributed by atoms with Crippen molar-refractivity contribution in [3.05, 3.63) is 65.2 Å². The van der Waals surface area contributed by atoms with Crippen LogP contribution in [0, 0.1) is 0 Å². The predicted octanol–water partition coefficient (Wildman–Crippen LogP) is 4.67. The Labute approximate surface area is 120 Å². The molecule has 1 heteroatoms. The molecule has 1 aliphatic heterocycles. The highest BCUT2D eigenvalue weighted by Crippen LogP contribution is 2.47. The van der Waals surface area contributed by atoms with E-state index < -0.39 is 0 Å². The van der Waals surface area contributed by atoms with Gasteiger partial charge in [-0.2, -0.15) is 0 Å². The molecule has 4 rings (SSSR count). The zero-order chi connectivity index (χ0) is 13.4. The van der Waals surface area contributed by atoms with Crippen molar-refractivity contribution >= 4 is 0 Å². The van der Waals surface area contributed by atoms with Crippen molar-refractivity contribution in [2.45, 2.75) is 37.5 Å². The van der Waals surface area contributed by atoms with Gasteiger partial charge in [0, 0.05) is 0 Å². The number of hydrogen-bond donors (Lipinski definition) is 0. The van der Waals surface area contributed by atoms with E-state index in [1.165, 1.54) is 24.8 Å². The second-order valence-electron chi connectivity index (χ2n) is 5.98. The fraction of sp³-hybridized carbons (Fsp3) is 0.368. The van der Waals surface area contributed by atoms with Crippen LogP contribution in [0.4, 0.5) is 0 Å². The summed E-state index contributed by atoms with van der Waals surface area (Å²) in [6.45, 7) is 0.861. The van der Waals surface area contributed by atoms with Gasteiger partial charge in [-0.3, -0.25) is 0 Å². The minimum Gasteiger partial charge on any atom is -0.493 e. The Kier molecular flexibility index (Phi) is 2.99. The lowest BCUT2D eigenvalue weighted by atomic mass is 9.71. The second-order valence-corrected chi connectivity index (χ2v) is 5.98. The molecule has 2 unspecified atom stereocenters. The molecule has 0 saturated heterocycles. The van der Waals surface area contributed by atoms with Gasteiger partial charge in [-0.15, -0.1) is 0 Å². The van der Waals surface area contributed by atoms with E-state index in [2.05, 4.69) is 48.5 Å². The molecule has 0 aromatic heterocycles. The third-order valence-corrected chi connectivity index (χ3v) is 4.91. The monoisotopic (exact) mass is 264 g/mol. The molecule has 0 bridgehead atoms. The summed E-state index contributed by atoms with van der Waals surface area (Å²) in [6.07, 6.45) is 5.03. The summed E-state index contributed by atoms with van der Waals surface area (Å²) in [5.41, 5.74) is 4.56. The van der Waals surface area contributed by atoms with Crippen molar-refractivity contribution < 1.29 is 4.74 Å². The van der Waals surface area contributed by atoms with E-state index in [0.717, 1.165) is 18.8 Å². The third-order valence-electron chi connectivity index (χ3n) is 4.91. The van der Waals surface area contributed by atoms with Crippen LogP contribution in [0.25, 0.3) is 0 Å². The molecule has 102 valence electrons. The van der Waals surface area contributed by atoms with Gasteiger partial charge in [-0.25, -0.2) is 0 Å². The predicted molar refractivity (Wildman–Crippen MR) is 81.4 cm³/mol. The topological polar surface area (TPSA) is 9.23 Å². The number of rotatable bonds is 1. The molecule has 0 saturated carbocycles. The summed E-state index contributed by atoms with van der Waals surface area (Å²) in [5.74, 6) is 2.40. The zero-order valence-electron chi connectivity index (χ0n) is 11.7. The highest BCUT2D eigenvalue weighted by Gasteiger charge is 2.32. The number of hydrogen-bond acceptors (Lipinski definition) is 1. The molecule has 1 heterocycles. The Balaban J connectivity index is 1.77. The zero-order valence-corrected chi connectivity index (χ0v) is 11.7. The van der Waals surface area contributed by atoms with Crippen molar-refractivity contribution in [1.82, 2.24) is 0 Å². The number of benzene rings is 2. The van der Waals surface area contributed by atoms with Crippen molar-refractivity contribution in [3.8, 4) is 5.75 Å². The molecule has 2 aromatic carbocycles. The maximum absolute atomic E-state index is 5.83. The third kappa shape index (κ3) is 1.93. The average Bonchev–Trinajstić information content (AvgIpc) is 2.54. The molecule has 1 nitrogen and oxygen atoms in total. The Bertz CT molecular complexity index is 561. The largest absolute Gasteiger partial charge is 0.493 e. The summed E-state index contributed by atoms with van der Waals surface area (Å²) in [4.78, 5) is 0. The van der Waals surface area contributed by atoms with Crippen LogP contribution in [0.1, 0.15) is 47.8 Å². The summed E-state index contributed by atoms with van der Waals surface area (Å²) in [5, 5.41) is 0. The molecular formula is C19H20O. The first-order chi connectivity index (χ1) is 9.93. The first-order valence-corrected chi connectivity index (χ1v) is 7.73. The van der Waals surface area contributed by atoms with Crippen LogP contribution in [0.3, 0.4) is 0 Å². The Morgan fingerprint density at radius 2 is 1.55 bits per heavy atom. The molecule has 2 aromatic rings. The van der Waals surface area contributed by atoms with Crippen LogP contribution in [0.15, 0.2) is 48.5 Å². The van der Waals surface area contributed by atoms with Gasteiger partial charge in [0.25, 0.3) is 0 Å². The second kappa shape index (κ2) is 4.97. The van der Waals surface area contributed by atoms with Crippen LogP contribution < -0.4 is 4.74 Å². The summed E-state index contributed by atoms with van der Waals surface area (Å²) in [6, 6.07) is 17.6. The number of aryl methyl sites for hydroxylation is 1. The van der Waals surface area contributed by atoms with E-state index in [9.17, 15) is 0 Å². The maximum atomic E-state index is 5.83. The van der Waals surface area contributed by atoms with Crippen molar-refractivity contribution in [2.75, 3.05) is 6.61 Å². The summed E-state index contributed by atoms with van der Waals surface area (Å²) < 4.78 is 5.83. The van der Waals surface area contributed by atoms with E-state index in [0.29, 0.717) is 11.8 Å². The molecule has 2 aliphatic rings. The first-order valence-electron chi connectivity index (χ1n) is 7.73. The van der Waals surface area contributed by atoms with Gasteiger partial charge in [0.1, 0.15) is 5.75 Å². The van der Waals surface area contributed by atoms with Gasteiger partial charge >= 0.3 is 0 Å². The number of ether oxygens (including phenoxy) is 1. The minimum atomic E-state index is 0.626. The average molecular weight is 264 g/mol. The quantitative estimate of drug-likeness (QED) is 0.727. The summed E-state index contributed by atoms with van der Waals surface area (Å²) >= 11 is 0. The SMILES string of the molecule is c1ccc2c(c1)CCCC2C1CCOc2ccccc21. The Hall–Kier alpha value is -1.76. The first kappa shape index (κ1) is 12.0.